The van der Waals surface area contributed by atoms with Crippen LogP contribution < -0.4 is 10.2 Å². The zero-order valence-corrected chi connectivity index (χ0v) is 22.8. The summed E-state index contributed by atoms with van der Waals surface area (Å²) in [6.45, 7) is 5.84. The minimum Gasteiger partial charge on any atom is -0.339 e. The van der Waals surface area contributed by atoms with Crippen molar-refractivity contribution in [2.45, 2.75) is 26.7 Å². The number of hydrogen-bond acceptors (Lipinski definition) is 4. The van der Waals surface area contributed by atoms with Gasteiger partial charge in [0.15, 0.2) is 0 Å². The molecule has 1 aliphatic rings. The van der Waals surface area contributed by atoms with E-state index in [1.165, 1.54) is 0 Å². The smallest absolute Gasteiger partial charge is 0.256 e. The van der Waals surface area contributed by atoms with Crippen LogP contribution in [0.5, 0.6) is 0 Å². The summed E-state index contributed by atoms with van der Waals surface area (Å²) in [7, 11) is 0. The molecule has 0 unspecified atom stereocenters. The largest absolute Gasteiger partial charge is 0.339 e. The van der Waals surface area contributed by atoms with E-state index in [4.69, 9.17) is 0 Å². The van der Waals surface area contributed by atoms with Crippen molar-refractivity contribution >= 4 is 29.1 Å². The lowest BCUT2D eigenvalue weighted by Crippen LogP contribution is -2.30. The van der Waals surface area contributed by atoms with E-state index in [9.17, 15) is 14.4 Å². The third kappa shape index (κ3) is 5.64. The molecule has 0 radical (unpaired) electrons. The van der Waals surface area contributed by atoms with Crippen LogP contribution in [0.1, 0.15) is 45.8 Å². The minimum absolute atomic E-state index is 0.00353. The molecule has 1 aliphatic heterocycles. The van der Waals surface area contributed by atoms with E-state index >= 15 is 0 Å². The second-order valence-corrected chi connectivity index (χ2v) is 9.69. The molecule has 7 heteroatoms. The first kappa shape index (κ1) is 26.8. The first-order chi connectivity index (χ1) is 19.5. The van der Waals surface area contributed by atoms with Crippen LogP contribution >= 0.6 is 0 Å². The summed E-state index contributed by atoms with van der Waals surface area (Å²) in [5.41, 5.74) is 6.13. The Morgan fingerprint density at radius 3 is 2.38 bits per heavy atom. The standard InChI is InChI=1S/C33H32N4O3/c1-3-36(4-2)33(40)24-14-12-23(13-15-24)28-10-5-6-11-29(28)32(39)35-27-16-17-30-25(21-27)18-20-37(30)31(38)22-26-9-7-8-19-34-26/h5-17,19,21H,3-4,18,20,22H2,1-2H3,(H,35,39). The van der Waals surface area contributed by atoms with Crippen LogP contribution in [0.4, 0.5) is 11.4 Å². The summed E-state index contributed by atoms with van der Waals surface area (Å²) >= 11 is 0. The Kier molecular flexibility index (Phi) is 8.01. The maximum Gasteiger partial charge on any atom is 0.256 e. The molecule has 4 aromatic rings. The third-order valence-electron chi connectivity index (χ3n) is 7.26. The SMILES string of the molecule is CCN(CC)C(=O)c1ccc(-c2ccccc2C(=O)Nc2ccc3c(c2)CCN3C(=O)Cc2ccccn2)cc1. The molecule has 0 saturated heterocycles. The average molecular weight is 533 g/mol. The highest BCUT2D eigenvalue weighted by molar-refractivity contribution is 6.09. The Labute approximate surface area is 234 Å². The van der Waals surface area contributed by atoms with Crippen LogP contribution in [0, 0.1) is 0 Å². The number of nitrogens with zero attached hydrogens (tertiary/aromatic N) is 3. The van der Waals surface area contributed by atoms with Crippen molar-refractivity contribution in [1.29, 1.82) is 0 Å². The molecule has 0 aliphatic carbocycles. The van der Waals surface area contributed by atoms with Crippen LogP contribution in [0.2, 0.25) is 0 Å². The van der Waals surface area contributed by atoms with Gasteiger partial charge >= 0.3 is 0 Å². The number of amides is 3. The zero-order chi connectivity index (χ0) is 28.1. The number of benzene rings is 3. The van der Waals surface area contributed by atoms with Gasteiger partial charge < -0.3 is 15.1 Å². The highest BCUT2D eigenvalue weighted by atomic mass is 16.2. The predicted molar refractivity (Wildman–Crippen MR) is 158 cm³/mol. The number of aromatic nitrogens is 1. The van der Waals surface area contributed by atoms with Crippen LogP contribution in [0.3, 0.4) is 0 Å². The number of pyridine rings is 1. The van der Waals surface area contributed by atoms with E-state index in [0.29, 0.717) is 36.4 Å². The first-order valence-electron chi connectivity index (χ1n) is 13.6. The second-order valence-electron chi connectivity index (χ2n) is 9.69. The highest BCUT2D eigenvalue weighted by Crippen LogP contribution is 2.32. The minimum atomic E-state index is -0.222. The van der Waals surface area contributed by atoms with Gasteiger partial charge in [-0.3, -0.25) is 19.4 Å². The molecule has 3 aromatic carbocycles. The number of fused-ring (bicyclic) bond motifs is 1. The van der Waals surface area contributed by atoms with Gasteiger partial charge in [-0.1, -0.05) is 36.4 Å². The second kappa shape index (κ2) is 11.9. The molecule has 1 N–H and O–H groups in total. The lowest BCUT2D eigenvalue weighted by atomic mass is 9.98. The van der Waals surface area contributed by atoms with Gasteiger partial charge in [-0.25, -0.2) is 0 Å². The van der Waals surface area contributed by atoms with Crippen molar-refractivity contribution in [2.24, 2.45) is 0 Å². The Morgan fingerprint density at radius 1 is 0.900 bits per heavy atom. The normalized spacial score (nSPS) is 12.1. The van der Waals surface area contributed by atoms with Gasteiger partial charge in [0.05, 0.1) is 6.42 Å². The predicted octanol–water partition coefficient (Wildman–Crippen LogP) is 5.61. The Bertz CT molecular complexity index is 1530. The van der Waals surface area contributed by atoms with E-state index < -0.39 is 0 Å². The maximum atomic E-state index is 13.4. The topological polar surface area (TPSA) is 82.6 Å². The van der Waals surface area contributed by atoms with Gasteiger partial charge in [0.1, 0.15) is 0 Å². The van der Waals surface area contributed by atoms with Crippen molar-refractivity contribution in [2.75, 3.05) is 29.9 Å². The highest BCUT2D eigenvalue weighted by Gasteiger charge is 2.25. The van der Waals surface area contributed by atoms with Gasteiger partial charge in [-0.15, -0.1) is 0 Å². The molecule has 1 aromatic heterocycles. The molecule has 0 saturated carbocycles. The van der Waals surface area contributed by atoms with E-state index in [0.717, 1.165) is 34.5 Å². The maximum absolute atomic E-state index is 13.4. The Morgan fingerprint density at radius 2 is 1.65 bits per heavy atom. The van der Waals surface area contributed by atoms with Crippen LogP contribution in [0.25, 0.3) is 11.1 Å². The van der Waals surface area contributed by atoms with E-state index in [-0.39, 0.29) is 24.1 Å². The molecule has 5 rings (SSSR count). The fourth-order valence-electron chi connectivity index (χ4n) is 5.11. The summed E-state index contributed by atoms with van der Waals surface area (Å²) in [4.78, 5) is 46.8. The average Bonchev–Trinajstić information content (AvgIpc) is 3.42. The third-order valence-corrected chi connectivity index (χ3v) is 7.26. The van der Waals surface area contributed by atoms with Crippen molar-refractivity contribution in [3.05, 3.63) is 114 Å². The van der Waals surface area contributed by atoms with E-state index in [2.05, 4.69) is 10.3 Å². The fourth-order valence-corrected chi connectivity index (χ4v) is 5.11. The van der Waals surface area contributed by atoms with Gasteiger partial charge in [-0.2, -0.15) is 0 Å². The fraction of sp³-hybridized carbons (Fsp3) is 0.212. The lowest BCUT2D eigenvalue weighted by Gasteiger charge is -2.19. The number of anilines is 2. The number of rotatable bonds is 8. The van der Waals surface area contributed by atoms with Crippen LogP contribution in [-0.2, 0) is 17.6 Å². The van der Waals surface area contributed by atoms with Crippen LogP contribution in [-0.4, -0.2) is 47.2 Å². The molecule has 202 valence electrons. The monoisotopic (exact) mass is 532 g/mol. The number of nitrogens with one attached hydrogen (secondary N) is 1. The number of carbonyl (C=O) groups excluding carboxylic acids is 3. The quantitative estimate of drug-likeness (QED) is 0.320. The molecule has 0 fully saturated rings. The van der Waals surface area contributed by atoms with Crippen molar-refractivity contribution < 1.29 is 14.4 Å². The zero-order valence-electron chi connectivity index (χ0n) is 22.8. The van der Waals surface area contributed by atoms with Gasteiger partial charge in [0, 0.05) is 54.0 Å². The summed E-state index contributed by atoms with van der Waals surface area (Å²) in [6, 6.07) is 26.1. The Hall–Kier alpha value is -4.78. The molecule has 2 heterocycles. The molecular weight excluding hydrogens is 500 g/mol. The summed E-state index contributed by atoms with van der Waals surface area (Å²) < 4.78 is 0. The molecule has 7 nitrogen and oxygen atoms in total. The van der Waals surface area contributed by atoms with Gasteiger partial charge in [0.2, 0.25) is 5.91 Å². The van der Waals surface area contributed by atoms with E-state index in [1.807, 2.05) is 92.7 Å². The van der Waals surface area contributed by atoms with Crippen molar-refractivity contribution in [1.82, 2.24) is 9.88 Å². The summed E-state index contributed by atoms with van der Waals surface area (Å²) in [6.07, 6.45) is 2.67. The van der Waals surface area contributed by atoms with Crippen LogP contribution in [0.15, 0.2) is 91.1 Å². The van der Waals surface area contributed by atoms with Crippen molar-refractivity contribution in [3.8, 4) is 11.1 Å². The number of hydrogen-bond donors (Lipinski definition) is 1. The Balaban J connectivity index is 1.30. The molecule has 0 spiro atoms. The molecule has 40 heavy (non-hydrogen) atoms. The van der Waals surface area contributed by atoms with Gasteiger partial charge in [0.25, 0.3) is 11.8 Å². The molecule has 0 atom stereocenters. The summed E-state index contributed by atoms with van der Waals surface area (Å²) in [5, 5.41) is 3.03. The lowest BCUT2D eigenvalue weighted by molar-refractivity contribution is -0.117. The number of carbonyl (C=O) groups is 3. The van der Waals surface area contributed by atoms with E-state index in [1.54, 1.807) is 22.1 Å². The molecule has 0 bridgehead atoms. The molecular formula is C33H32N4O3. The summed E-state index contributed by atoms with van der Waals surface area (Å²) in [5.74, 6) is -0.218. The molecule has 3 amide bonds. The first-order valence-corrected chi connectivity index (χ1v) is 13.6. The van der Waals surface area contributed by atoms with Crippen molar-refractivity contribution in [3.63, 3.8) is 0 Å². The van der Waals surface area contributed by atoms with Gasteiger partial charge in [-0.05, 0) is 85.5 Å².